The van der Waals surface area contributed by atoms with Gasteiger partial charge in [0.2, 0.25) is 0 Å². The Bertz CT molecular complexity index is 1360. The van der Waals surface area contributed by atoms with Gasteiger partial charge in [0.15, 0.2) is 0 Å². The van der Waals surface area contributed by atoms with Gasteiger partial charge in [0, 0.05) is 15.6 Å². The summed E-state index contributed by atoms with van der Waals surface area (Å²) < 4.78 is 43.0. The molecule has 7 nitrogen and oxygen atoms in total. The van der Waals surface area contributed by atoms with Crippen molar-refractivity contribution < 1.29 is 32.8 Å². The molecule has 12 heteroatoms. The third-order valence-corrected chi connectivity index (χ3v) is 5.92. The molecule has 1 N–H and O–H groups in total. The van der Waals surface area contributed by atoms with Gasteiger partial charge in [-0.15, -0.1) is 0 Å². The van der Waals surface area contributed by atoms with Crippen molar-refractivity contribution in [2.24, 2.45) is 5.16 Å². The van der Waals surface area contributed by atoms with Crippen molar-refractivity contribution in [3.8, 4) is 11.1 Å². The molecule has 0 aliphatic carbocycles. The molecule has 0 saturated heterocycles. The van der Waals surface area contributed by atoms with Gasteiger partial charge in [-0.1, -0.05) is 58.7 Å². The number of carbonyl (C=O) groups is 1. The van der Waals surface area contributed by atoms with Crippen molar-refractivity contribution in [2.45, 2.75) is 18.2 Å². The second kappa shape index (κ2) is 8.86. The van der Waals surface area contributed by atoms with Crippen LogP contribution in [0.2, 0.25) is 10.0 Å². The zero-order chi connectivity index (χ0) is 25.5. The number of hydrogen-bond acceptors (Lipinski definition) is 5. The molecule has 1 heterocycles. The minimum atomic E-state index is -5.01. The highest BCUT2D eigenvalue weighted by molar-refractivity contribution is 6.34. The Morgan fingerprint density at radius 1 is 1.09 bits per heavy atom. The summed E-state index contributed by atoms with van der Waals surface area (Å²) in [6.07, 6.45) is -5.95. The highest BCUT2D eigenvalue weighted by atomic mass is 35.5. The molecule has 1 aliphatic rings. The molecule has 180 valence electrons. The van der Waals surface area contributed by atoms with E-state index >= 15 is 0 Å². The van der Waals surface area contributed by atoms with E-state index in [1.165, 1.54) is 18.2 Å². The van der Waals surface area contributed by atoms with E-state index in [1.807, 2.05) is 0 Å². The van der Waals surface area contributed by atoms with Gasteiger partial charge in [-0.05, 0) is 35.9 Å². The normalized spacial score (nSPS) is 17.6. The van der Waals surface area contributed by atoms with Gasteiger partial charge in [-0.2, -0.15) is 13.2 Å². The van der Waals surface area contributed by atoms with Crippen molar-refractivity contribution >= 4 is 40.6 Å². The molecule has 0 aromatic heterocycles. The number of halogens is 5. The number of benzene rings is 3. The molecule has 0 radical (unpaired) electrons. The van der Waals surface area contributed by atoms with Gasteiger partial charge in [-0.3, -0.25) is 10.1 Å². The molecular formula is C23H13Cl2F3N2O5. The SMILES string of the molecule is O=C(O)c1ccc(C2=NOC(c3cc(Cl)cc(Cl)c3)(C(F)(F)F)C2)c([N+](=O)[O-])c1-c1ccccc1. The van der Waals surface area contributed by atoms with E-state index in [4.69, 9.17) is 28.0 Å². The number of nitro benzene ring substituents is 1. The zero-order valence-electron chi connectivity index (χ0n) is 17.3. The van der Waals surface area contributed by atoms with Gasteiger partial charge in [0.1, 0.15) is 0 Å². The fourth-order valence-electron chi connectivity index (χ4n) is 3.92. The van der Waals surface area contributed by atoms with Crippen LogP contribution in [0.4, 0.5) is 18.9 Å². The Labute approximate surface area is 205 Å². The molecule has 4 rings (SSSR count). The molecule has 0 fully saturated rings. The number of hydrogen-bond donors (Lipinski definition) is 1. The highest BCUT2D eigenvalue weighted by Gasteiger charge is 2.62. The predicted octanol–water partition coefficient (Wildman–Crippen LogP) is 6.85. The Kier molecular flexibility index (Phi) is 6.20. The van der Waals surface area contributed by atoms with Crippen molar-refractivity contribution in [3.05, 3.63) is 97.5 Å². The van der Waals surface area contributed by atoms with E-state index in [9.17, 15) is 33.2 Å². The Balaban J connectivity index is 1.92. The van der Waals surface area contributed by atoms with Crippen molar-refractivity contribution in [3.63, 3.8) is 0 Å². The third-order valence-electron chi connectivity index (χ3n) is 5.48. The first kappa shape index (κ1) is 24.5. The average molecular weight is 525 g/mol. The van der Waals surface area contributed by atoms with Gasteiger partial charge < -0.3 is 9.94 Å². The quantitative estimate of drug-likeness (QED) is 0.290. The van der Waals surface area contributed by atoms with E-state index < -0.39 is 45.9 Å². The second-order valence-corrected chi connectivity index (χ2v) is 8.47. The Morgan fingerprint density at radius 3 is 2.26 bits per heavy atom. The number of carboxylic acids is 1. The fraction of sp³-hybridized carbons (Fsp3) is 0.130. The van der Waals surface area contributed by atoms with Gasteiger partial charge >= 0.3 is 12.1 Å². The van der Waals surface area contributed by atoms with E-state index in [0.29, 0.717) is 0 Å². The van der Waals surface area contributed by atoms with Crippen LogP contribution in [0.1, 0.15) is 27.9 Å². The van der Waals surface area contributed by atoms with Crippen molar-refractivity contribution in [1.29, 1.82) is 0 Å². The Hall–Kier alpha value is -3.63. The highest BCUT2D eigenvalue weighted by Crippen LogP contribution is 2.51. The van der Waals surface area contributed by atoms with Gasteiger partial charge in [0.25, 0.3) is 11.3 Å². The topological polar surface area (TPSA) is 102 Å². The number of aromatic carboxylic acids is 1. The van der Waals surface area contributed by atoms with Crippen molar-refractivity contribution in [2.75, 3.05) is 0 Å². The minimum absolute atomic E-state index is 0.0728. The lowest BCUT2D eigenvalue weighted by Gasteiger charge is -2.29. The van der Waals surface area contributed by atoms with Crippen molar-refractivity contribution in [1.82, 2.24) is 0 Å². The number of alkyl halides is 3. The van der Waals surface area contributed by atoms with Crippen LogP contribution in [-0.2, 0) is 10.4 Å². The lowest BCUT2D eigenvalue weighted by atomic mass is 9.85. The molecule has 3 aromatic carbocycles. The summed E-state index contributed by atoms with van der Waals surface area (Å²) in [5.74, 6) is -1.44. The minimum Gasteiger partial charge on any atom is -0.478 e. The summed E-state index contributed by atoms with van der Waals surface area (Å²) in [4.78, 5) is 28.0. The van der Waals surface area contributed by atoms with Crippen LogP contribution in [0.15, 0.2) is 65.8 Å². The van der Waals surface area contributed by atoms with Crippen LogP contribution < -0.4 is 0 Å². The van der Waals surface area contributed by atoms with E-state index in [1.54, 1.807) is 18.2 Å². The molecule has 0 saturated carbocycles. The molecule has 3 aromatic rings. The fourth-order valence-corrected chi connectivity index (χ4v) is 4.45. The summed E-state index contributed by atoms with van der Waals surface area (Å²) in [5.41, 5.74) is -5.31. The summed E-state index contributed by atoms with van der Waals surface area (Å²) in [5, 5.41) is 25.2. The van der Waals surface area contributed by atoms with Gasteiger partial charge in [0.05, 0.1) is 33.7 Å². The van der Waals surface area contributed by atoms with Crippen LogP contribution in [0.3, 0.4) is 0 Å². The maximum Gasteiger partial charge on any atom is 0.435 e. The molecule has 1 unspecified atom stereocenters. The van der Waals surface area contributed by atoms with Crippen LogP contribution >= 0.6 is 23.2 Å². The van der Waals surface area contributed by atoms with Crippen LogP contribution in [0.5, 0.6) is 0 Å². The first-order valence-electron chi connectivity index (χ1n) is 9.83. The largest absolute Gasteiger partial charge is 0.478 e. The maximum atomic E-state index is 14.3. The van der Waals surface area contributed by atoms with Crippen LogP contribution in [0.25, 0.3) is 11.1 Å². The molecule has 0 amide bonds. The lowest BCUT2D eigenvalue weighted by Crippen LogP contribution is -2.42. The molecule has 1 aliphatic heterocycles. The molecular weight excluding hydrogens is 512 g/mol. The maximum absolute atomic E-state index is 14.3. The predicted molar refractivity (Wildman–Crippen MR) is 122 cm³/mol. The summed E-state index contributed by atoms with van der Waals surface area (Å²) >= 11 is 11.8. The van der Waals surface area contributed by atoms with Crippen LogP contribution in [-0.4, -0.2) is 27.9 Å². The summed E-state index contributed by atoms with van der Waals surface area (Å²) in [6, 6.07) is 13.1. The van der Waals surface area contributed by atoms with E-state index in [-0.39, 0.29) is 32.4 Å². The average Bonchev–Trinajstić information content (AvgIpc) is 3.25. The number of oxime groups is 1. The number of nitrogens with zero attached hydrogens (tertiary/aromatic N) is 2. The smallest absolute Gasteiger partial charge is 0.435 e. The summed E-state index contributed by atoms with van der Waals surface area (Å²) in [6.45, 7) is 0. The van der Waals surface area contributed by atoms with Gasteiger partial charge in [-0.25, -0.2) is 4.79 Å². The van der Waals surface area contributed by atoms with E-state index in [0.717, 1.165) is 24.3 Å². The van der Waals surface area contributed by atoms with Crippen LogP contribution in [0, 0.1) is 10.1 Å². The molecule has 0 spiro atoms. The number of nitro groups is 1. The second-order valence-electron chi connectivity index (χ2n) is 7.60. The standard InChI is InChI=1S/C23H13Cl2F3N2O5/c24-14-8-13(9-15(25)10-14)22(23(26,27)28)11-18(29-35-22)16-6-7-17(21(31)32)19(20(16)30(33)34)12-4-2-1-3-5-12/h1-10H,11H2,(H,31,32). The number of rotatable bonds is 5. The Morgan fingerprint density at radius 2 is 1.71 bits per heavy atom. The van der Waals surface area contributed by atoms with E-state index in [2.05, 4.69) is 5.16 Å². The first-order valence-corrected chi connectivity index (χ1v) is 10.6. The molecule has 35 heavy (non-hydrogen) atoms. The lowest BCUT2D eigenvalue weighted by molar-refractivity contribution is -0.384. The number of carboxylic acid groups (broad SMARTS) is 1. The third kappa shape index (κ3) is 4.30. The summed E-state index contributed by atoms with van der Waals surface area (Å²) in [7, 11) is 0. The zero-order valence-corrected chi connectivity index (χ0v) is 18.9. The molecule has 0 bridgehead atoms. The first-order chi connectivity index (χ1) is 16.4. The monoisotopic (exact) mass is 524 g/mol. The molecule has 1 atom stereocenters.